The van der Waals surface area contributed by atoms with Gasteiger partial charge in [0.15, 0.2) is 0 Å². The molecule has 0 aliphatic carbocycles. The molecule has 1 saturated heterocycles. The molecule has 0 spiro atoms. The van der Waals surface area contributed by atoms with E-state index in [0.29, 0.717) is 5.41 Å². The minimum atomic E-state index is 0.414. The van der Waals surface area contributed by atoms with Gasteiger partial charge >= 0.3 is 0 Å². The first-order valence-electron chi connectivity index (χ1n) is 6.68. The largest absolute Gasteiger partial charge is 0.399 e. The van der Waals surface area contributed by atoms with Gasteiger partial charge in [0.2, 0.25) is 0 Å². The first kappa shape index (κ1) is 13.5. The number of piperidine rings is 1. The average molecular weight is 267 g/mol. The van der Waals surface area contributed by atoms with Crippen LogP contribution in [0.3, 0.4) is 0 Å². The normalized spacial score (nSPS) is 18.1. The highest BCUT2D eigenvalue weighted by molar-refractivity contribution is 6.33. The number of anilines is 2. The highest BCUT2D eigenvalue weighted by atomic mass is 35.5. The number of hydrogen-bond acceptors (Lipinski definition) is 2. The van der Waals surface area contributed by atoms with Crippen molar-refractivity contribution in [3.63, 3.8) is 0 Å². The van der Waals surface area contributed by atoms with Crippen molar-refractivity contribution in [2.45, 2.75) is 33.6 Å². The Kier molecular flexibility index (Phi) is 3.76. The quantitative estimate of drug-likeness (QED) is 0.773. The molecule has 0 radical (unpaired) electrons. The minimum Gasteiger partial charge on any atom is -0.399 e. The molecule has 1 aliphatic heterocycles. The molecule has 1 aromatic carbocycles. The molecule has 100 valence electrons. The van der Waals surface area contributed by atoms with Crippen LogP contribution in [0.2, 0.25) is 5.02 Å². The zero-order valence-corrected chi connectivity index (χ0v) is 12.3. The zero-order chi connectivity index (χ0) is 13.3. The second-order valence-electron chi connectivity index (χ2n) is 6.34. The molecule has 0 aromatic heterocycles. The van der Waals surface area contributed by atoms with Crippen molar-refractivity contribution < 1.29 is 0 Å². The summed E-state index contributed by atoms with van der Waals surface area (Å²) in [6.07, 6.45) is 2.48. The second kappa shape index (κ2) is 5.00. The van der Waals surface area contributed by atoms with Gasteiger partial charge in [-0.25, -0.2) is 0 Å². The summed E-state index contributed by atoms with van der Waals surface area (Å²) in [5, 5.41) is 0.768. The molecule has 2 nitrogen and oxygen atoms in total. The van der Waals surface area contributed by atoms with E-state index in [9.17, 15) is 0 Å². The zero-order valence-electron chi connectivity index (χ0n) is 11.5. The van der Waals surface area contributed by atoms with E-state index < -0.39 is 0 Å². The van der Waals surface area contributed by atoms with Gasteiger partial charge in [-0.3, -0.25) is 0 Å². The van der Waals surface area contributed by atoms with Gasteiger partial charge in [0.1, 0.15) is 0 Å². The second-order valence-corrected chi connectivity index (χ2v) is 6.75. The number of hydrogen-bond donors (Lipinski definition) is 1. The molecule has 2 rings (SSSR count). The standard InChI is InChI=1S/C15H23ClN2/c1-15(2,3)11-6-8-18(9-7-11)14-5-4-12(17)10-13(14)16/h4-5,10-11H,6-9,17H2,1-3H3. The lowest BCUT2D eigenvalue weighted by Gasteiger charge is -2.40. The van der Waals surface area contributed by atoms with Gasteiger partial charge in [-0.15, -0.1) is 0 Å². The van der Waals surface area contributed by atoms with Gasteiger partial charge in [-0.2, -0.15) is 0 Å². The molecule has 1 fully saturated rings. The van der Waals surface area contributed by atoms with Gasteiger partial charge in [0.25, 0.3) is 0 Å². The fraction of sp³-hybridized carbons (Fsp3) is 0.600. The summed E-state index contributed by atoms with van der Waals surface area (Å²) in [5.41, 5.74) is 8.00. The van der Waals surface area contributed by atoms with Crippen LogP contribution < -0.4 is 10.6 Å². The molecule has 0 unspecified atom stereocenters. The SMILES string of the molecule is CC(C)(C)C1CCN(c2ccc(N)cc2Cl)CC1. The Morgan fingerprint density at radius 2 is 1.83 bits per heavy atom. The lowest BCUT2D eigenvalue weighted by molar-refractivity contribution is 0.199. The van der Waals surface area contributed by atoms with Crippen molar-refractivity contribution in [1.82, 2.24) is 0 Å². The third-order valence-electron chi connectivity index (χ3n) is 4.03. The van der Waals surface area contributed by atoms with Gasteiger partial charge in [0, 0.05) is 18.8 Å². The van der Waals surface area contributed by atoms with Crippen LogP contribution in [-0.4, -0.2) is 13.1 Å². The van der Waals surface area contributed by atoms with Gasteiger partial charge < -0.3 is 10.6 Å². The van der Waals surface area contributed by atoms with Crippen molar-refractivity contribution in [2.24, 2.45) is 11.3 Å². The molecule has 0 amide bonds. The predicted molar refractivity (Wildman–Crippen MR) is 80.3 cm³/mol. The Morgan fingerprint density at radius 3 is 2.33 bits per heavy atom. The number of nitrogens with two attached hydrogens (primary N) is 1. The highest BCUT2D eigenvalue weighted by Gasteiger charge is 2.29. The predicted octanol–water partition coefficient (Wildman–Crippen LogP) is 4.18. The van der Waals surface area contributed by atoms with Crippen LogP contribution in [0.4, 0.5) is 11.4 Å². The Bertz CT molecular complexity index is 415. The monoisotopic (exact) mass is 266 g/mol. The van der Waals surface area contributed by atoms with E-state index >= 15 is 0 Å². The maximum absolute atomic E-state index is 6.27. The molecule has 1 aliphatic rings. The summed E-state index contributed by atoms with van der Waals surface area (Å²) in [6, 6.07) is 5.80. The van der Waals surface area contributed by atoms with Crippen LogP contribution in [0, 0.1) is 11.3 Å². The minimum absolute atomic E-state index is 0.414. The summed E-state index contributed by atoms with van der Waals surface area (Å²) in [4.78, 5) is 2.38. The number of nitrogen functional groups attached to an aromatic ring is 1. The summed E-state index contributed by atoms with van der Waals surface area (Å²) < 4.78 is 0. The average Bonchev–Trinajstić information content (AvgIpc) is 2.28. The molecule has 0 atom stereocenters. The third-order valence-corrected chi connectivity index (χ3v) is 4.33. The fourth-order valence-corrected chi connectivity index (χ4v) is 3.07. The van der Waals surface area contributed by atoms with E-state index in [1.807, 2.05) is 18.2 Å². The van der Waals surface area contributed by atoms with Crippen LogP contribution in [0.1, 0.15) is 33.6 Å². The molecule has 1 aromatic rings. The molecular weight excluding hydrogens is 244 g/mol. The number of nitrogens with zero attached hydrogens (tertiary/aromatic N) is 1. The Morgan fingerprint density at radius 1 is 1.22 bits per heavy atom. The lowest BCUT2D eigenvalue weighted by Crippen LogP contribution is -2.38. The first-order chi connectivity index (χ1) is 8.38. The number of benzene rings is 1. The van der Waals surface area contributed by atoms with Crippen LogP contribution in [0.5, 0.6) is 0 Å². The van der Waals surface area contributed by atoms with Crippen LogP contribution in [0.25, 0.3) is 0 Å². The molecule has 0 saturated carbocycles. The van der Waals surface area contributed by atoms with E-state index in [4.69, 9.17) is 17.3 Å². The van der Waals surface area contributed by atoms with Gasteiger partial charge in [-0.1, -0.05) is 32.4 Å². The van der Waals surface area contributed by atoms with Crippen LogP contribution in [-0.2, 0) is 0 Å². The lowest BCUT2D eigenvalue weighted by atomic mass is 9.75. The number of rotatable bonds is 1. The summed E-state index contributed by atoms with van der Waals surface area (Å²) in [6.45, 7) is 9.19. The van der Waals surface area contributed by atoms with Crippen LogP contribution >= 0.6 is 11.6 Å². The maximum Gasteiger partial charge on any atom is 0.0660 e. The van der Waals surface area contributed by atoms with E-state index in [1.54, 1.807) is 0 Å². The maximum atomic E-state index is 6.27. The van der Waals surface area contributed by atoms with E-state index in [-0.39, 0.29) is 0 Å². The van der Waals surface area contributed by atoms with Crippen molar-refractivity contribution in [3.8, 4) is 0 Å². The van der Waals surface area contributed by atoms with Gasteiger partial charge in [0.05, 0.1) is 10.7 Å². The molecule has 3 heteroatoms. The Labute approximate surface area is 115 Å². The fourth-order valence-electron chi connectivity index (χ4n) is 2.77. The Balaban J connectivity index is 2.06. The molecule has 2 N–H and O–H groups in total. The van der Waals surface area contributed by atoms with Crippen molar-refractivity contribution in [1.29, 1.82) is 0 Å². The van der Waals surface area contributed by atoms with E-state index in [1.165, 1.54) is 12.8 Å². The van der Waals surface area contributed by atoms with Crippen LogP contribution in [0.15, 0.2) is 18.2 Å². The number of halogens is 1. The van der Waals surface area contributed by atoms with E-state index in [0.717, 1.165) is 35.4 Å². The summed E-state index contributed by atoms with van der Waals surface area (Å²) >= 11 is 6.27. The van der Waals surface area contributed by atoms with Crippen molar-refractivity contribution in [2.75, 3.05) is 23.7 Å². The Hall–Kier alpha value is -0.890. The summed E-state index contributed by atoms with van der Waals surface area (Å²) in [7, 11) is 0. The first-order valence-corrected chi connectivity index (χ1v) is 7.05. The molecular formula is C15H23ClN2. The van der Waals surface area contributed by atoms with Crippen molar-refractivity contribution in [3.05, 3.63) is 23.2 Å². The topological polar surface area (TPSA) is 29.3 Å². The highest BCUT2D eigenvalue weighted by Crippen LogP contribution is 2.37. The van der Waals surface area contributed by atoms with Gasteiger partial charge in [-0.05, 0) is 42.4 Å². The molecule has 1 heterocycles. The van der Waals surface area contributed by atoms with E-state index in [2.05, 4.69) is 25.7 Å². The third kappa shape index (κ3) is 2.92. The molecule has 18 heavy (non-hydrogen) atoms. The summed E-state index contributed by atoms with van der Waals surface area (Å²) in [5.74, 6) is 0.807. The van der Waals surface area contributed by atoms with Crippen molar-refractivity contribution >= 4 is 23.0 Å². The molecule has 0 bridgehead atoms. The smallest absolute Gasteiger partial charge is 0.0660 e.